The van der Waals surface area contributed by atoms with Crippen LogP contribution in [-0.2, 0) is 19.1 Å². The van der Waals surface area contributed by atoms with Gasteiger partial charge in [-0.15, -0.1) is 0 Å². The first-order chi connectivity index (χ1) is 22.3. The lowest BCUT2D eigenvalue weighted by atomic mass is 9.94. The van der Waals surface area contributed by atoms with E-state index in [1.165, 1.54) is 0 Å². The molecular formula is C40H34O6. The van der Waals surface area contributed by atoms with Crippen LogP contribution in [0.5, 0.6) is 11.5 Å². The number of rotatable bonds is 11. The maximum absolute atomic E-state index is 11.1. The first kappa shape index (κ1) is 32.9. The number of ether oxygens (including phenoxy) is 4. The van der Waals surface area contributed by atoms with Gasteiger partial charge in [0.2, 0.25) is 0 Å². The van der Waals surface area contributed by atoms with Crippen LogP contribution < -0.4 is 9.47 Å². The Morgan fingerprint density at radius 2 is 0.891 bits per heavy atom. The maximum Gasteiger partial charge on any atom is 0.330 e. The Morgan fingerprint density at radius 3 is 1.24 bits per heavy atom. The summed E-state index contributed by atoms with van der Waals surface area (Å²) in [5.74, 6) is 13.3. The highest BCUT2D eigenvalue weighted by molar-refractivity contribution is 5.81. The van der Waals surface area contributed by atoms with Gasteiger partial charge in [0.25, 0.3) is 0 Å². The van der Waals surface area contributed by atoms with E-state index in [2.05, 4.69) is 75.0 Å². The van der Waals surface area contributed by atoms with Gasteiger partial charge in [-0.2, -0.15) is 0 Å². The maximum atomic E-state index is 11.1. The lowest BCUT2D eigenvalue weighted by Gasteiger charge is -2.10. The van der Waals surface area contributed by atoms with Gasteiger partial charge in [-0.3, -0.25) is 0 Å². The molecule has 0 bridgehead atoms. The molecule has 0 aliphatic rings. The quantitative estimate of drug-likeness (QED) is 0.0790. The van der Waals surface area contributed by atoms with E-state index in [1.807, 2.05) is 60.7 Å². The topological polar surface area (TPSA) is 71.1 Å². The van der Waals surface area contributed by atoms with Crippen LogP contribution >= 0.6 is 0 Å². The third-order valence-electron chi connectivity index (χ3n) is 6.68. The molecule has 0 aromatic heterocycles. The highest BCUT2D eigenvalue weighted by Crippen LogP contribution is 2.28. The number of benzene rings is 4. The van der Waals surface area contributed by atoms with Crippen molar-refractivity contribution in [3.05, 3.63) is 144 Å². The van der Waals surface area contributed by atoms with Crippen LogP contribution in [0.4, 0.5) is 0 Å². The molecule has 4 rings (SSSR count). The summed E-state index contributed by atoms with van der Waals surface area (Å²) in [5, 5.41) is 0. The number of carbonyl (C=O) groups excluding carboxylic acids is 2. The molecule has 0 saturated carbocycles. The van der Waals surface area contributed by atoms with Crippen molar-refractivity contribution in [3.63, 3.8) is 0 Å². The van der Waals surface area contributed by atoms with E-state index in [0.29, 0.717) is 11.5 Å². The molecule has 0 unspecified atom stereocenters. The molecule has 0 spiro atoms. The van der Waals surface area contributed by atoms with Gasteiger partial charge >= 0.3 is 11.9 Å². The monoisotopic (exact) mass is 610 g/mol. The van der Waals surface area contributed by atoms with Crippen molar-refractivity contribution < 1.29 is 28.5 Å². The van der Waals surface area contributed by atoms with Crippen LogP contribution in [0.3, 0.4) is 0 Å². The van der Waals surface area contributed by atoms with Crippen LogP contribution in [0.1, 0.15) is 33.4 Å². The van der Waals surface area contributed by atoms with Crippen molar-refractivity contribution >= 4 is 11.9 Å². The zero-order chi connectivity index (χ0) is 32.7. The van der Waals surface area contributed by atoms with E-state index in [-0.39, 0.29) is 26.4 Å². The Hall–Kier alpha value is -5.98. The molecule has 230 valence electrons. The zero-order valence-corrected chi connectivity index (χ0v) is 25.9. The molecule has 6 nitrogen and oxygen atoms in total. The van der Waals surface area contributed by atoms with Crippen LogP contribution in [0, 0.1) is 37.5 Å². The van der Waals surface area contributed by atoms with Gasteiger partial charge in [0.05, 0.1) is 0 Å². The first-order valence-electron chi connectivity index (χ1n) is 14.6. The fraction of sp³-hybridized carbons (Fsp3) is 0.150. The summed E-state index contributed by atoms with van der Waals surface area (Å²) in [6.45, 7) is 11.7. The van der Waals surface area contributed by atoms with Crippen molar-refractivity contribution in [2.45, 2.75) is 13.8 Å². The number of carbonyl (C=O) groups is 2. The van der Waals surface area contributed by atoms with E-state index in [9.17, 15) is 9.59 Å². The molecule has 46 heavy (non-hydrogen) atoms. The summed E-state index contributed by atoms with van der Waals surface area (Å²) in [5.41, 5.74) is 8.17. The lowest BCUT2D eigenvalue weighted by molar-refractivity contribution is -0.139. The SMILES string of the molecule is C=CC(=O)OCCOc1ccc(C#Cc2ccc(-c3ccc(C#Cc4ccc(OCCOC(=O)C=C)cc4)cc3C)c(C)c2)cc1. The van der Waals surface area contributed by atoms with Crippen LogP contribution in [0.25, 0.3) is 11.1 Å². The smallest absolute Gasteiger partial charge is 0.330 e. The first-order valence-corrected chi connectivity index (χ1v) is 14.6. The van der Waals surface area contributed by atoms with E-state index in [4.69, 9.17) is 18.9 Å². The standard InChI is InChI=1S/C40H34O6/c1-5-39(41)45-25-23-43-35-17-11-31(12-18-35)7-9-33-15-21-37(29(3)27-33)38-22-16-34(28-30(38)4)10-8-32-13-19-36(20-14-32)44-24-26-46-40(42)6-2/h5-6,11-22,27-28H,1-2,23-26H2,3-4H3. The molecule has 0 N–H and O–H groups in total. The second-order valence-corrected chi connectivity index (χ2v) is 10.0. The molecular weight excluding hydrogens is 576 g/mol. The lowest BCUT2D eigenvalue weighted by Crippen LogP contribution is -2.10. The molecule has 0 fully saturated rings. The molecule has 0 radical (unpaired) electrons. The number of aryl methyl sites for hydroxylation is 2. The molecule has 0 aliphatic heterocycles. The molecule has 0 aliphatic carbocycles. The van der Waals surface area contributed by atoms with Crippen molar-refractivity contribution in [1.82, 2.24) is 0 Å². The molecule has 0 atom stereocenters. The molecule has 4 aromatic rings. The second-order valence-electron chi connectivity index (χ2n) is 10.0. The molecule has 0 saturated heterocycles. The Labute approximate surface area is 270 Å². The summed E-state index contributed by atoms with van der Waals surface area (Å²) in [4.78, 5) is 22.2. The minimum Gasteiger partial charge on any atom is -0.490 e. The van der Waals surface area contributed by atoms with E-state index >= 15 is 0 Å². The van der Waals surface area contributed by atoms with E-state index < -0.39 is 11.9 Å². The minimum atomic E-state index is -0.470. The third-order valence-corrected chi connectivity index (χ3v) is 6.68. The highest BCUT2D eigenvalue weighted by atomic mass is 16.6. The Balaban J connectivity index is 1.34. The third kappa shape index (κ3) is 10.0. The van der Waals surface area contributed by atoms with Crippen molar-refractivity contribution in [3.8, 4) is 46.3 Å². The summed E-state index contributed by atoms with van der Waals surface area (Å²) in [6, 6.07) is 27.4. The summed E-state index contributed by atoms with van der Waals surface area (Å²) >= 11 is 0. The predicted octanol–water partition coefficient (Wildman–Crippen LogP) is 6.99. The van der Waals surface area contributed by atoms with Crippen molar-refractivity contribution in [2.24, 2.45) is 0 Å². The average Bonchev–Trinajstić information content (AvgIpc) is 3.08. The molecule has 6 heteroatoms. The van der Waals surface area contributed by atoms with E-state index in [0.717, 1.165) is 56.7 Å². The predicted molar refractivity (Wildman–Crippen MR) is 179 cm³/mol. The number of hydrogen-bond acceptors (Lipinski definition) is 6. The van der Waals surface area contributed by atoms with Crippen LogP contribution in [0.2, 0.25) is 0 Å². The molecule has 0 heterocycles. The van der Waals surface area contributed by atoms with Gasteiger partial charge in [0, 0.05) is 34.4 Å². The summed E-state index contributed by atoms with van der Waals surface area (Å²) in [7, 11) is 0. The molecule has 0 amide bonds. The Morgan fingerprint density at radius 1 is 0.543 bits per heavy atom. The summed E-state index contributed by atoms with van der Waals surface area (Å²) < 4.78 is 21.0. The second kappa shape index (κ2) is 16.8. The molecule has 4 aromatic carbocycles. The zero-order valence-electron chi connectivity index (χ0n) is 25.9. The van der Waals surface area contributed by atoms with Gasteiger partial charge < -0.3 is 18.9 Å². The van der Waals surface area contributed by atoms with Crippen LogP contribution in [-0.4, -0.2) is 38.4 Å². The Bertz CT molecular complexity index is 1690. The Kier molecular flexibility index (Phi) is 12.0. The van der Waals surface area contributed by atoms with E-state index in [1.54, 1.807) is 0 Å². The van der Waals surface area contributed by atoms with Gasteiger partial charge in [0.15, 0.2) is 0 Å². The van der Waals surface area contributed by atoms with Crippen LogP contribution in [0.15, 0.2) is 110 Å². The van der Waals surface area contributed by atoms with Crippen molar-refractivity contribution in [2.75, 3.05) is 26.4 Å². The number of hydrogen-bond donors (Lipinski definition) is 0. The average molecular weight is 611 g/mol. The minimum absolute atomic E-state index is 0.160. The van der Waals surface area contributed by atoms with Gasteiger partial charge in [-0.1, -0.05) is 49.0 Å². The van der Waals surface area contributed by atoms with Gasteiger partial charge in [-0.05, 0) is 109 Å². The highest BCUT2D eigenvalue weighted by Gasteiger charge is 2.07. The number of esters is 2. The van der Waals surface area contributed by atoms with Gasteiger partial charge in [0.1, 0.15) is 37.9 Å². The van der Waals surface area contributed by atoms with Gasteiger partial charge in [-0.25, -0.2) is 9.59 Å². The fourth-order valence-electron chi connectivity index (χ4n) is 4.37. The van der Waals surface area contributed by atoms with Crippen molar-refractivity contribution in [1.29, 1.82) is 0 Å². The largest absolute Gasteiger partial charge is 0.490 e. The normalized spacial score (nSPS) is 9.87. The summed E-state index contributed by atoms with van der Waals surface area (Å²) in [6.07, 6.45) is 2.24. The fourth-order valence-corrected chi connectivity index (χ4v) is 4.37.